The number of hydrogen-bond acceptors (Lipinski definition) is 2. The van der Waals surface area contributed by atoms with Gasteiger partial charge in [0.25, 0.3) is 0 Å². The van der Waals surface area contributed by atoms with Crippen molar-refractivity contribution in [3.63, 3.8) is 0 Å². The SMILES string of the molecule is CC1CC1c1ccc(/C=C/C(=O)NCC#Cc2ccccc2)o1. The first kappa shape index (κ1) is 15.2. The second-order valence-corrected chi connectivity index (χ2v) is 5.78. The maximum atomic E-state index is 11.7. The number of benzene rings is 1. The normalized spacial score (nSPS) is 19.2. The summed E-state index contributed by atoms with van der Waals surface area (Å²) in [5.74, 6) is 8.74. The van der Waals surface area contributed by atoms with E-state index in [9.17, 15) is 4.79 Å². The molecule has 0 bridgehead atoms. The Bertz CT molecular complexity index is 762. The Morgan fingerprint density at radius 2 is 2.09 bits per heavy atom. The molecule has 1 aromatic heterocycles. The first-order valence-electron chi connectivity index (χ1n) is 7.82. The van der Waals surface area contributed by atoms with Crippen LogP contribution in [0.25, 0.3) is 6.08 Å². The zero-order valence-electron chi connectivity index (χ0n) is 13.1. The zero-order valence-corrected chi connectivity index (χ0v) is 13.1. The molecule has 0 aliphatic heterocycles. The first-order chi connectivity index (χ1) is 11.2. The molecule has 1 heterocycles. The summed E-state index contributed by atoms with van der Waals surface area (Å²) in [4.78, 5) is 11.7. The third-order valence-corrected chi connectivity index (χ3v) is 3.88. The van der Waals surface area contributed by atoms with Crippen LogP contribution in [0.1, 0.15) is 36.3 Å². The summed E-state index contributed by atoms with van der Waals surface area (Å²) in [5, 5.41) is 2.73. The first-order valence-corrected chi connectivity index (χ1v) is 7.82. The summed E-state index contributed by atoms with van der Waals surface area (Å²) in [6.45, 7) is 2.54. The highest BCUT2D eigenvalue weighted by Crippen LogP contribution is 2.47. The third kappa shape index (κ3) is 4.37. The Hall–Kier alpha value is -2.73. The topological polar surface area (TPSA) is 42.2 Å². The molecule has 1 fully saturated rings. The van der Waals surface area contributed by atoms with Gasteiger partial charge in [0.15, 0.2) is 0 Å². The number of carbonyl (C=O) groups is 1. The van der Waals surface area contributed by atoms with Gasteiger partial charge in [-0.05, 0) is 42.7 Å². The molecule has 1 N–H and O–H groups in total. The quantitative estimate of drug-likeness (QED) is 0.693. The Morgan fingerprint density at radius 3 is 2.83 bits per heavy atom. The van der Waals surface area contributed by atoms with Crippen molar-refractivity contribution < 1.29 is 9.21 Å². The molecular weight excluding hydrogens is 286 g/mol. The Balaban J connectivity index is 1.46. The predicted octanol–water partition coefficient (Wildman–Crippen LogP) is 3.58. The van der Waals surface area contributed by atoms with Crippen LogP contribution in [0.4, 0.5) is 0 Å². The predicted molar refractivity (Wildman–Crippen MR) is 90.6 cm³/mol. The molecule has 1 amide bonds. The van der Waals surface area contributed by atoms with Crippen LogP contribution in [-0.4, -0.2) is 12.5 Å². The summed E-state index contributed by atoms with van der Waals surface area (Å²) in [6.07, 6.45) is 4.36. The molecule has 1 aromatic carbocycles. The number of hydrogen-bond donors (Lipinski definition) is 1. The van der Waals surface area contributed by atoms with E-state index in [2.05, 4.69) is 24.1 Å². The van der Waals surface area contributed by atoms with Crippen molar-refractivity contribution in [2.75, 3.05) is 6.54 Å². The van der Waals surface area contributed by atoms with E-state index in [0.717, 1.165) is 11.3 Å². The minimum absolute atomic E-state index is 0.176. The van der Waals surface area contributed by atoms with Gasteiger partial charge in [0.1, 0.15) is 11.5 Å². The number of amides is 1. The highest BCUT2D eigenvalue weighted by molar-refractivity contribution is 5.91. The van der Waals surface area contributed by atoms with Gasteiger partial charge < -0.3 is 9.73 Å². The molecule has 3 rings (SSSR count). The summed E-state index contributed by atoms with van der Waals surface area (Å²) in [5.41, 5.74) is 0.940. The molecule has 116 valence electrons. The van der Waals surface area contributed by atoms with E-state index < -0.39 is 0 Å². The van der Waals surface area contributed by atoms with Gasteiger partial charge in [-0.2, -0.15) is 0 Å². The minimum Gasteiger partial charge on any atom is -0.461 e. The smallest absolute Gasteiger partial charge is 0.244 e. The lowest BCUT2D eigenvalue weighted by Crippen LogP contribution is -2.20. The van der Waals surface area contributed by atoms with E-state index >= 15 is 0 Å². The fourth-order valence-corrected chi connectivity index (χ4v) is 2.39. The number of rotatable bonds is 4. The van der Waals surface area contributed by atoms with Gasteiger partial charge in [-0.25, -0.2) is 0 Å². The van der Waals surface area contributed by atoms with Gasteiger partial charge in [0.2, 0.25) is 5.91 Å². The monoisotopic (exact) mass is 305 g/mol. The highest BCUT2D eigenvalue weighted by atomic mass is 16.3. The van der Waals surface area contributed by atoms with E-state index in [0.29, 0.717) is 24.1 Å². The Kier molecular flexibility index (Phi) is 4.63. The van der Waals surface area contributed by atoms with Gasteiger partial charge in [-0.3, -0.25) is 4.79 Å². The number of nitrogens with one attached hydrogen (secondary N) is 1. The minimum atomic E-state index is -0.176. The summed E-state index contributed by atoms with van der Waals surface area (Å²) in [6, 6.07) is 13.6. The van der Waals surface area contributed by atoms with Crippen molar-refractivity contribution in [1.82, 2.24) is 5.32 Å². The molecule has 3 heteroatoms. The maximum absolute atomic E-state index is 11.7. The molecule has 0 saturated heterocycles. The Labute approximate surface area is 136 Å². The molecule has 2 aromatic rings. The molecular formula is C20H19NO2. The van der Waals surface area contributed by atoms with E-state index in [1.165, 1.54) is 12.5 Å². The van der Waals surface area contributed by atoms with Crippen molar-refractivity contribution >= 4 is 12.0 Å². The standard InChI is InChI=1S/C20H19NO2/c1-15-14-18(15)19-11-9-17(23-19)10-12-20(22)21-13-5-8-16-6-3-2-4-7-16/h2-4,6-7,9-12,15,18H,13-14H2,1H3,(H,21,22)/b12-10+. The summed E-state index contributed by atoms with van der Waals surface area (Å²) < 4.78 is 5.72. The third-order valence-electron chi connectivity index (χ3n) is 3.88. The van der Waals surface area contributed by atoms with Crippen LogP contribution in [-0.2, 0) is 4.79 Å². The van der Waals surface area contributed by atoms with Crippen molar-refractivity contribution in [2.45, 2.75) is 19.3 Å². The lowest BCUT2D eigenvalue weighted by molar-refractivity contribution is -0.116. The van der Waals surface area contributed by atoms with Crippen LogP contribution in [0.3, 0.4) is 0 Å². The molecule has 0 radical (unpaired) electrons. The summed E-state index contributed by atoms with van der Waals surface area (Å²) >= 11 is 0. The molecule has 2 atom stereocenters. The summed E-state index contributed by atoms with van der Waals surface area (Å²) in [7, 11) is 0. The van der Waals surface area contributed by atoms with E-state index in [4.69, 9.17) is 4.42 Å². The molecule has 0 spiro atoms. The van der Waals surface area contributed by atoms with Gasteiger partial charge in [-0.1, -0.05) is 37.0 Å². The van der Waals surface area contributed by atoms with Crippen molar-refractivity contribution in [2.24, 2.45) is 5.92 Å². The van der Waals surface area contributed by atoms with Crippen molar-refractivity contribution in [1.29, 1.82) is 0 Å². The fourth-order valence-electron chi connectivity index (χ4n) is 2.39. The van der Waals surface area contributed by atoms with Crippen LogP contribution in [0.2, 0.25) is 0 Å². The van der Waals surface area contributed by atoms with Crippen LogP contribution < -0.4 is 5.32 Å². The second-order valence-electron chi connectivity index (χ2n) is 5.78. The maximum Gasteiger partial charge on any atom is 0.244 e. The lowest BCUT2D eigenvalue weighted by Gasteiger charge is -1.94. The largest absolute Gasteiger partial charge is 0.461 e. The molecule has 3 nitrogen and oxygen atoms in total. The lowest BCUT2D eigenvalue weighted by atomic mass is 10.2. The van der Waals surface area contributed by atoms with Crippen LogP contribution in [0.5, 0.6) is 0 Å². The van der Waals surface area contributed by atoms with E-state index in [-0.39, 0.29) is 5.91 Å². The van der Waals surface area contributed by atoms with Crippen LogP contribution in [0, 0.1) is 17.8 Å². The highest BCUT2D eigenvalue weighted by Gasteiger charge is 2.36. The van der Waals surface area contributed by atoms with Gasteiger partial charge >= 0.3 is 0 Å². The Morgan fingerprint density at radius 1 is 1.30 bits per heavy atom. The van der Waals surface area contributed by atoms with Gasteiger partial charge in [-0.15, -0.1) is 0 Å². The van der Waals surface area contributed by atoms with Gasteiger partial charge in [0, 0.05) is 17.6 Å². The second kappa shape index (κ2) is 7.02. The zero-order chi connectivity index (χ0) is 16.1. The van der Waals surface area contributed by atoms with E-state index in [1.807, 2.05) is 42.5 Å². The fraction of sp³-hybridized carbons (Fsp3) is 0.250. The molecule has 1 saturated carbocycles. The molecule has 2 unspecified atom stereocenters. The van der Waals surface area contributed by atoms with E-state index in [1.54, 1.807) is 6.08 Å². The number of furan rings is 1. The van der Waals surface area contributed by atoms with Crippen molar-refractivity contribution in [3.8, 4) is 11.8 Å². The average Bonchev–Trinajstić information content (AvgIpc) is 3.11. The van der Waals surface area contributed by atoms with Crippen LogP contribution >= 0.6 is 0 Å². The van der Waals surface area contributed by atoms with Gasteiger partial charge in [0.05, 0.1) is 6.54 Å². The molecule has 1 aliphatic carbocycles. The average molecular weight is 305 g/mol. The van der Waals surface area contributed by atoms with Crippen LogP contribution in [0.15, 0.2) is 53.0 Å². The molecule has 23 heavy (non-hydrogen) atoms. The number of carbonyl (C=O) groups excluding carboxylic acids is 1. The van der Waals surface area contributed by atoms with Crippen molar-refractivity contribution in [3.05, 3.63) is 65.6 Å². The molecule has 1 aliphatic rings.